The first-order chi connectivity index (χ1) is 21.2. The minimum absolute atomic E-state index is 0.0956. The normalized spacial score (nSPS) is 11.8. The summed E-state index contributed by atoms with van der Waals surface area (Å²) >= 11 is 1.51. The Labute approximate surface area is 248 Å². The van der Waals surface area contributed by atoms with Gasteiger partial charge in [0.1, 0.15) is 5.52 Å². The van der Waals surface area contributed by atoms with Crippen LogP contribution in [0, 0.1) is 0 Å². The van der Waals surface area contributed by atoms with Crippen molar-refractivity contribution in [1.29, 1.82) is 0 Å². The van der Waals surface area contributed by atoms with E-state index in [-0.39, 0.29) is 5.56 Å². The van der Waals surface area contributed by atoms with E-state index in [0.717, 1.165) is 48.7 Å². The number of nitrogens with zero attached hydrogens (tertiary/aromatic N) is 6. The molecule has 0 N–H and O–H groups in total. The molecule has 0 aliphatic heterocycles. The second-order valence-electron chi connectivity index (χ2n) is 10.3. The minimum Gasteiger partial charge on any atom is -0.276 e. The number of benzene rings is 5. The lowest BCUT2D eigenvalue weighted by Crippen LogP contribution is -2.12. The molecule has 9 aromatic rings. The standard InChI is InChI=1S/C35H20N6OS/c42-33-25-16-8-10-18-28(25)43-35-36-26-20-19-24-23-15-7-9-17-27(23)40(29(24)30(26)41(33)35)34-38-31(21-11-3-1-4-12-21)37-32(39-34)22-13-5-2-6-14-22/h1-20H. The van der Waals surface area contributed by atoms with E-state index in [1.807, 2.05) is 103 Å². The van der Waals surface area contributed by atoms with E-state index in [1.54, 1.807) is 4.40 Å². The predicted octanol–water partition coefficient (Wildman–Crippen LogP) is 7.68. The van der Waals surface area contributed by atoms with Crippen LogP contribution in [0.4, 0.5) is 0 Å². The van der Waals surface area contributed by atoms with Crippen molar-refractivity contribution in [3.8, 4) is 28.7 Å². The second kappa shape index (κ2) is 9.14. The van der Waals surface area contributed by atoms with E-state index in [2.05, 4.69) is 22.8 Å². The van der Waals surface area contributed by atoms with Gasteiger partial charge in [-0.15, -0.1) is 0 Å². The van der Waals surface area contributed by atoms with E-state index < -0.39 is 0 Å². The second-order valence-corrected chi connectivity index (χ2v) is 11.3. The number of rotatable bonds is 3. The van der Waals surface area contributed by atoms with Gasteiger partial charge in [-0.3, -0.25) is 9.36 Å². The highest BCUT2D eigenvalue weighted by molar-refractivity contribution is 7.23. The third kappa shape index (κ3) is 3.57. The zero-order valence-electron chi connectivity index (χ0n) is 22.5. The lowest BCUT2D eigenvalue weighted by Gasteiger charge is -2.11. The summed E-state index contributed by atoms with van der Waals surface area (Å²) in [6.07, 6.45) is 0. The highest BCUT2D eigenvalue weighted by Gasteiger charge is 2.22. The predicted molar refractivity (Wildman–Crippen MR) is 173 cm³/mol. The van der Waals surface area contributed by atoms with Crippen LogP contribution in [0.1, 0.15) is 0 Å². The first-order valence-corrected chi connectivity index (χ1v) is 14.7. The molecule has 0 unspecified atom stereocenters. The van der Waals surface area contributed by atoms with E-state index in [1.165, 1.54) is 11.3 Å². The van der Waals surface area contributed by atoms with Crippen LogP contribution >= 0.6 is 11.3 Å². The summed E-state index contributed by atoms with van der Waals surface area (Å²) in [7, 11) is 0. The maximum atomic E-state index is 14.0. The smallest absolute Gasteiger partial charge is 0.266 e. The molecule has 43 heavy (non-hydrogen) atoms. The summed E-state index contributed by atoms with van der Waals surface area (Å²) in [6, 6.07) is 39.8. The molecule has 0 radical (unpaired) electrons. The Balaban J connectivity index is 1.47. The molecule has 202 valence electrons. The number of hydrogen-bond acceptors (Lipinski definition) is 6. The van der Waals surface area contributed by atoms with Crippen molar-refractivity contribution in [1.82, 2.24) is 28.9 Å². The van der Waals surface area contributed by atoms with Gasteiger partial charge < -0.3 is 0 Å². The van der Waals surface area contributed by atoms with Crippen molar-refractivity contribution in [3.63, 3.8) is 0 Å². The van der Waals surface area contributed by atoms with E-state index >= 15 is 0 Å². The summed E-state index contributed by atoms with van der Waals surface area (Å²) in [5.74, 6) is 1.61. The van der Waals surface area contributed by atoms with Gasteiger partial charge in [0.2, 0.25) is 5.95 Å². The van der Waals surface area contributed by atoms with Crippen LogP contribution in [0.25, 0.3) is 76.6 Å². The number of imidazole rings is 1. The van der Waals surface area contributed by atoms with Crippen LogP contribution in [0.2, 0.25) is 0 Å². The molecule has 0 bridgehead atoms. The molecule has 0 saturated heterocycles. The molecule has 7 nitrogen and oxygen atoms in total. The van der Waals surface area contributed by atoms with Gasteiger partial charge in [-0.25, -0.2) is 14.4 Å². The van der Waals surface area contributed by atoms with Gasteiger partial charge in [0.15, 0.2) is 16.6 Å². The molecule has 5 aromatic carbocycles. The van der Waals surface area contributed by atoms with Gasteiger partial charge in [-0.1, -0.05) is 102 Å². The van der Waals surface area contributed by atoms with Crippen LogP contribution in [0.5, 0.6) is 0 Å². The number of para-hydroxylation sites is 1. The lowest BCUT2D eigenvalue weighted by atomic mass is 10.1. The van der Waals surface area contributed by atoms with E-state index in [9.17, 15) is 4.79 Å². The fourth-order valence-electron chi connectivity index (χ4n) is 5.90. The van der Waals surface area contributed by atoms with Crippen LogP contribution in [0.3, 0.4) is 0 Å². The molecule has 0 atom stereocenters. The Kier molecular flexibility index (Phi) is 5.08. The first-order valence-electron chi connectivity index (χ1n) is 13.9. The Bertz CT molecular complexity index is 2530. The zero-order chi connectivity index (χ0) is 28.5. The van der Waals surface area contributed by atoms with Crippen molar-refractivity contribution in [2.24, 2.45) is 0 Å². The number of hydrogen-bond donors (Lipinski definition) is 0. The molecule has 0 saturated carbocycles. The Morgan fingerprint density at radius 1 is 0.535 bits per heavy atom. The monoisotopic (exact) mass is 572 g/mol. The first kappa shape index (κ1) is 23.9. The molecule has 0 spiro atoms. The fraction of sp³-hybridized carbons (Fsp3) is 0. The summed E-state index contributed by atoms with van der Waals surface area (Å²) in [5, 5.41) is 2.69. The Morgan fingerprint density at radius 3 is 1.88 bits per heavy atom. The maximum absolute atomic E-state index is 14.0. The van der Waals surface area contributed by atoms with Crippen molar-refractivity contribution in [2.45, 2.75) is 0 Å². The largest absolute Gasteiger partial charge is 0.276 e. The molecule has 4 aromatic heterocycles. The average molecular weight is 573 g/mol. The molecular weight excluding hydrogens is 552 g/mol. The molecule has 4 heterocycles. The lowest BCUT2D eigenvalue weighted by molar-refractivity contribution is 0.954. The van der Waals surface area contributed by atoms with Crippen molar-refractivity contribution in [2.75, 3.05) is 0 Å². The highest BCUT2D eigenvalue weighted by Crippen LogP contribution is 2.37. The maximum Gasteiger partial charge on any atom is 0.266 e. The third-order valence-corrected chi connectivity index (χ3v) is 8.86. The Morgan fingerprint density at radius 2 is 1.16 bits per heavy atom. The molecule has 9 rings (SSSR count). The van der Waals surface area contributed by atoms with Crippen molar-refractivity contribution >= 4 is 59.2 Å². The third-order valence-electron chi connectivity index (χ3n) is 7.83. The van der Waals surface area contributed by atoms with Crippen LogP contribution in [-0.4, -0.2) is 28.9 Å². The van der Waals surface area contributed by atoms with E-state index in [4.69, 9.17) is 19.9 Å². The minimum atomic E-state index is -0.0956. The molecule has 8 heteroatoms. The van der Waals surface area contributed by atoms with E-state index in [0.29, 0.717) is 27.9 Å². The SMILES string of the molecule is O=c1c2ccccc2sc2nc3ccc4c5ccccc5n(-c5nc(-c6ccccc6)nc(-c6ccccc6)n5)c4c3n12. The summed E-state index contributed by atoms with van der Waals surface area (Å²) in [6.45, 7) is 0. The van der Waals surface area contributed by atoms with Crippen LogP contribution < -0.4 is 5.56 Å². The summed E-state index contributed by atoms with van der Waals surface area (Å²) < 4.78 is 4.71. The quantitative estimate of drug-likeness (QED) is 0.217. The number of fused-ring (bicyclic) bond motifs is 8. The van der Waals surface area contributed by atoms with Crippen molar-refractivity contribution < 1.29 is 0 Å². The molecular formula is C35H20N6OS. The average Bonchev–Trinajstić information content (AvgIpc) is 3.61. The Hall–Kier alpha value is -5.73. The van der Waals surface area contributed by atoms with Gasteiger partial charge >= 0.3 is 0 Å². The molecule has 0 amide bonds. The van der Waals surface area contributed by atoms with Gasteiger partial charge in [0.05, 0.1) is 21.9 Å². The molecule has 0 aliphatic rings. The van der Waals surface area contributed by atoms with Gasteiger partial charge in [0, 0.05) is 26.6 Å². The number of aromatic nitrogens is 6. The summed E-state index contributed by atoms with van der Waals surface area (Å²) in [4.78, 5) is 34.6. The fourth-order valence-corrected chi connectivity index (χ4v) is 6.92. The van der Waals surface area contributed by atoms with Gasteiger partial charge in [-0.2, -0.15) is 9.97 Å². The van der Waals surface area contributed by atoms with Crippen molar-refractivity contribution in [3.05, 3.63) is 132 Å². The topological polar surface area (TPSA) is 78.0 Å². The van der Waals surface area contributed by atoms with Crippen LogP contribution in [-0.2, 0) is 0 Å². The summed E-state index contributed by atoms with van der Waals surface area (Å²) in [5.41, 5.74) is 4.91. The van der Waals surface area contributed by atoms with Crippen LogP contribution in [0.15, 0.2) is 126 Å². The van der Waals surface area contributed by atoms with Gasteiger partial charge in [-0.05, 0) is 30.3 Å². The highest BCUT2D eigenvalue weighted by atomic mass is 32.1. The molecule has 0 fully saturated rings. The zero-order valence-corrected chi connectivity index (χ0v) is 23.4. The molecule has 0 aliphatic carbocycles. The van der Waals surface area contributed by atoms with Gasteiger partial charge in [0.25, 0.3) is 5.56 Å².